The second-order valence-corrected chi connectivity index (χ2v) is 3.03. The minimum absolute atomic E-state index is 1.03. The van der Waals surface area contributed by atoms with Crippen LogP contribution in [0.25, 0.3) is 0 Å². The van der Waals surface area contributed by atoms with Crippen LogP contribution >= 0.6 is 0 Å². The van der Waals surface area contributed by atoms with Gasteiger partial charge in [0.2, 0.25) is 0 Å². The quantitative estimate of drug-likeness (QED) is 0.697. The molecule has 0 aromatic carbocycles. The number of rotatable bonds is 3. The highest BCUT2D eigenvalue weighted by Gasteiger charge is 2.00. The Hall–Kier alpha value is -0.830. The van der Waals surface area contributed by atoms with Gasteiger partial charge in [-0.3, -0.25) is 0 Å². The van der Waals surface area contributed by atoms with Gasteiger partial charge in [-0.15, -0.1) is 0 Å². The molecule has 11 heavy (non-hydrogen) atoms. The minimum atomic E-state index is 1.03. The fourth-order valence-corrected chi connectivity index (χ4v) is 0.969. The van der Waals surface area contributed by atoms with Gasteiger partial charge in [-0.2, -0.15) is 0 Å². The van der Waals surface area contributed by atoms with E-state index in [1.54, 1.807) is 6.33 Å². The molecule has 0 atom stereocenters. The van der Waals surface area contributed by atoms with Gasteiger partial charge >= 0.3 is 0 Å². The third-order valence-corrected chi connectivity index (χ3v) is 1.73. The monoisotopic (exact) mass is 153 g/mol. The van der Waals surface area contributed by atoms with Gasteiger partial charge in [0.15, 0.2) is 0 Å². The van der Waals surface area contributed by atoms with E-state index in [0.29, 0.717) is 0 Å². The predicted octanol–water partition coefficient (Wildman–Crippen LogP) is 0.822. The molecule has 3 heteroatoms. The third kappa shape index (κ3) is 2.35. The van der Waals surface area contributed by atoms with Crippen molar-refractivity contribution in [1.29, 1.82) is 0 Å². The van der Waals surface area contributed by atoms with Crippen LogP contribution in [0.2, 0.25) is 0 Å². The van der Waals surface area contributed by atoms with E-state index in [2.05, 4.69) is 35.9 Å². The summed E-state index contributed by atoms with van der Waals surface area (Å²) in [4.78, 5) is 9.43. The van der Waals surface area contributed by atoms with Crippen molar-refractivity contribution in [2.75, 3.05) is 20.6 Å². The lowest BCUT2D eigenvalue weighted by Crippen LogP contribution is -2.15. The van der Waals surface area contributed by atoms with Gasteiger partial charge in [0, 0.05) is 18.7 Å². The molecule has 1 N–H and O–H groups in total. The molecule has 3 nitrogen and oxygen atoms in total. The number of hydrogen-bond donors (Lipinski definition) is 1. The number of hydrogen-bond acceptors (Lipinski definition) is 2. The van der Waals surface area contributed by atoms with Crippen LogP contribution in [0.15, 0.2) is 6.33 Å². The molecule has 1 aromatic rings. The van der Waals surface area contributed by atoms with E-state index in [0.717, 1.165) is 13.0 Å². The second-order valence-electron chi connectivity index (χ2n) is 3.03. The maximum absolute atomic E-state index is 4.21. The fourth-order valence-electron chi connectivity index (χ4n) is 0.969. The predicted molar refractivity (Wildman–Crippen MR) is 45.6 cm³/mol. The second kappa shape index (κ2) is 3.53. The van der Waals surface area contributed by atoms with E-state index in [4.69, 9.17) is 0 Å². The summed E-state index contributed by atoms with van der Waals surface area (Å²) in [6, 6.07) is 0. The molecule has 0 saturated heterocycles. The largest absolute Gasteiger partial charge is 0.348 e. The number of nitrogens with one attached hydrogen (secondary N) is 1. The van der Waals surface area contributed by atoms with E-state index in [1.165, 1.54) is 11.4 Å². The Morgan fingerprint density at radius 3 is 2.73 bits per heavy atom. The Morgan fingerprint density at radius 2 is 2.27 bits per heavy atom. The van der Waals surface area contributed by atoms with Gasteiger partial charge in [-0.25, -0.2) is 4.98 Å². The van der Waals surface area contributed by atoms with Crippen LogP contribution in [0.1, 0.15) is 11.4 Å². The molecule has 0 radical (unpaired) electrons. The van der Waals surface area contributed by atoms with E-state index >= 15 is 0 Å². The van der Waals surface area contributed by atoms with Gasteiger partial charge in [0.25, 0.3) is 0 Å². The molecule has 0 aliphatic carbocycles. The fraction of sp³-hybridized carbons (Fsp3) is 0.625. The first-order chi connectivity index (χ1) is 5.20. The maximum Gasteiger partial charge on any atom is 0.0925 e. The zero-order valence-corrected chi connectivity index (χ0v) is 7.39. The lowest BCUT2D eigenvalue weighted by atomic mass is 10.2. The summed E-state index contributed by atoms with van der Waals surface area (Å²) in [5.74, 6) is 0. The van der Waals surface area contributed by atoms with Crippen LogP contribution in [0, 0.1) is 6.92 Å². The summed E-state index contributed by atoms with van der Waals surface area (Å²) in [6.45, 7) is 3.11. The minimum Gasteiger partial charge on any atom is -0.348 e. The highest BCUT2D eigenvalue weighted by atomic mass is 15.0. The molecule has 0 amide bonds. The standard InChI is InChI=1S/C8H15N3/c1-7-8(10-6-9-7)4-5-11(2)3/h6H,4-5H2,1-3H3,(H,9,10). The number of aromatic nitrogens is 2. The van der Waals surface area contributed by atoms with Crippen LogP contribution < -0.4 is 0 Å². The van der Waals surface area contributed by atoms with Crippen LogP contribution in [-0.4, -0.2) is 35.5 Å². The van der Waals surface area contributed by atoms with Gasteiger partial charge in [-0.1, -0.05) is 0 Å². The summed E-state index contributed by atoms with van der Waals surface area (Å²) in [7, 11) is 4.14. The topological polar surface area (TPSA) is 31.9 Å². The molecule has 1 aromatic heterocycles. The number of aromatic amines is 1. The summed E-state index contributed by atoms with van der Waals surface area (Å²) in [5.41, 5.74) is 2.37. The smallest absolute Gasteiger partial charge is 0.0925 e. The molecule has 0 fully saturated rings. The van der Waals surface area contributed by atoms with Crippen molar-refractivity contribution >= 4 is 0 Å². The number of likely N-dealkylation sites (N-methyl/N-ethyl adjacent to an activating group) is 1. The zero-order valence-electron chi connectivity index (χ0n) is 7.39. The Kier molecular flexibility index (Phi) is 2.65. The van der Waals surface area contributed by atoms with E-state index in [9.17, 15) is 0 Å². The van der Waals surface area contributed by atoms with E-state index in [-0.39, 0.29) is 0 Å². The Bertz CT molecular complexity index is 215. The summed E-state index contributed by atoms with van der Waals surface area (Å²) < 4.78 is 0. The van der Waals surface area contributed by atoms with Crippen LogP contribution in [0.5, 0.6) is 0 Å². The van der Waals surface area contributed by atoms with Crippen molar-refractivity contribution in [2.24, 2.45) is 0 Å². The summed E-state index contributed by atoms with van der Waals surface area (Å²) in [5, 5.41) is 0. The van der Waals surface area contributed by atoms with Crippen LogP contribution in [0.3, 0.4) is 0 Å². The highest BCUT2D eigenvalue weighted by molar-refractivity contribution is 5.08. The molecule has 62 valence electrons. The van der Waals surface area contributed by atoms with Gasteiger partial charge in [0.1, 0.15) is 0 Å². The molecule has 0 spiro atoms. The molecule has 1 rings (SSSR count). The van der Waals surface area contributed by atoms with Gasteiger partial charge in [0.05, 0.1) is 12.0 Å². The average Bonchev–Trinajstić information content (AvgIpc) is 2.31. The third-order valence-electron chi connectivity index (χ3n) is 1.73. The molecule has 0 aliphatic rings. The Morgan fingerprint density at radius 1 is 1.55 bits per heavy atom. The summed E-state index contributed by atoms with van der Waals surface area (Å²) >= 11 is 0. The lowest BCUT2D eigenvalue weighted by molar-refractivity contribution is 0.411. The van der Waals surface area contributed by atoms with Crippen molar-refractivity contribution < 1.29 is 0 Å². The normalized spacial score (nSPS) is 10.9. The Balaban J connectivity index is 2.44. The zero-order chi connectivity index (χ0) is 8.27. The highest BCUT2D eigenvalue weighted by Crippen LogP contribution is 2.00. The first kappa shape index (κ1) is 8.27. The van der Waals surface area contributed by atoms with Crippen molar-refractivity contribution in [1.82, 2.24) is 14.9 Å². The van der Waals surface area contributed by atoms with Crippen LogP contribution in [0.4, 0.5) is 0 Å². The molecule has 0 unspecified atom stereocenters. The number of imidazole rings is 1. The maximum atomic E-state index is 4.21. The van der Waals surface area contributed by atoms with Crippen molar-refractivity contribution in [3.8, 4) is 0 Å². The summed E-state index contributed by atoms with van der Waals surface area (Å²) in [6.07, 6.45) is 2.78. The first-order valence-corrected chi connectivity index (χ1v) is 3.83. The van der Waals surface area contributed by atoms with E-state index < -0.39 is 0 Å². The molecule has 0 saturated carbocycles. The van der Waals surface area contributed by atoms with Crippen LogP contribution in [-0.2, 0) is 6.42 Å². The molecular formula is C8H15N3. The van der Waals surface area contributed by atoms with Gasteiger partial charge < -0.3 is 9.88 Å². The first-order valence-electron chi connectivity index (χ1n) is 3.83. The number of nitrogens with zero attached hydrogens (tertiary/aromatic N) is 2. The average molecular weight is 153 g/mol. The van der Waals surface area contributed by atoms with Crippen molar-refractivity contribution in [3.05, 3.63) is 17.7 Å². The lowest BCUT2D eigenvalue weighted by Gasteiger charge is -2.07. The van der Waals surface area contributed by atoms with Crippen molar-refractivity contribution in [3.63, 3.8) is 0 Å². The molecular weight excluding hydrogens is 138 g/mol. The van der Waals surface area contributed by atoms with E-state index in [1.807, 2.05) is 0 Å². The number of aryl methyl sites for hydroxylation is 1. The molecule has 0 aliphatic heterocycles. The van der Waals surface area contributed by atoms with Gasteiger partial charge in [-0.05, 0) is 21.0 Å². The molecule has 1 heterocycles. The van der Waals surface area contributed by atoms with Crippen molar-refractivity contribution in [2.45, 2.75) is 13.3 Å². The molecule has 0 bridgehead atoms. The Labute approximate surface area is 67.4 Å². The number of H-pyrrole nitrogens is 1. The SMILES string of the molecule is Cc1[nH]cnc1CCN(C)C.